The average molecular weight is 208 g/mol. The topological polar surface area (TPSA) is 22.4 Å². The smallest absolute Gasteiger partial charge is 0.129 e. The lowest BCUT2D eigenvalue weighted by Gasteiger charge is -2.14. The zero-order valence-corrected chi connectivity index (χ0v) is 9.45. The van der Waals surface area contributed by atoms with Crippen molar-refractivity contribution in [2.75, 3.05) is 0 Å². The first-order valence-electron chi connectivity index (χ1n) is 5.98. The lowest BCUT2D eigenvalue weighted by Crippen LogP contribution is -2.11. The van der Waals surface area contributed by atoms with Crippen molar-refractivity contribution in [1.82, 2.24) is 0 Å². The molecule has 0 aromatic carbocycles. The van der Waals surface area contributed by atoms with Gasteiger partial charge in [-0.15, -0.1) is 0 Å². The Morgan fingerprint density at radius 1 is 1.33 bits per heavy atom. The molecule has 0 amide bonds. The summed E-state index contributed by atoms with van der Waals surface area (Å²) < 4.78 is 11.1. The molecule has 2 rings (SSSR count). The van der Waals surface area contributed by atoms with Crippen LogP contribution in [0, 0.1) is 5.92 Å². The lowest BCUT2D eigenvalue weighted by atomic mass is 10.0. The maximum atomic E-state index is 5.86. The fourth-order valence-electron chi connectivity index (χ4n) is 2.21. The van der Waals surface area contributed by atoms with Crippen LogP contribution in [0.25, 0.3) is 0 Å². The van der Waals surface area contributed by atoms with Crippen molar-refractivity contribution in [1.29, 1.82) is 0 Å². The third kappa shape index (κ3) is 3.38. The quantitative estimate of drug-likeness (QED) is 0.705. The molecule has 2 nitrogen and oxygen atoms in total. The van der Waals surface area contributed by atoms with E-state index in [9.17, 15) is 0 Å². The molecule has 0 saturated heterocycles. The van der Waals surface area contributed by atoms with Crippen LogP contribution in [0.5, 0.6) is 0 Å². The van der Waals surface area contributed by atoms with Crippen LogP contribution in [-0.4, -0.2) is 6.10 Å². The largest absolute Gasteiger partial charge is 0.467 e. The van der Waals surface area contributed by atoms with Gasteiger partial charge >= 0.3 is 0 Å². The third-order valence-electron chi connectivity index (χ3n) is 3.25. The molecule has 1 fully saturated rings. The molecular weight excluding hydrogens is 188 g/mol. The van der Waals surface area contributed by atoms with Crippen molar-refractivity contribution >= 4 is 0 Å². The summed E-state index contributed by atoms with van der Waals surface area (Å²) in [6.07, 6.45) is 8.55. The van der Waals surface area contributed by atoms with Crippen LogP contribution >= 0.6 is 0 Å². The molecule has 1 saturated carbocycles. The minimum atomic E-state index is 0.444. The molecule has 1 aromatic rings. The van der Waals surface area contributed by atoms with E-state index in [4.69, 9.17) is 9.15 Å². The van der Waals surface area contributed by atoms with Gasteiger partial charge in [0.1, 0.15) is 12.4 Å². The number of ether oxygens (including phenoxy) is 1. The molecule has 0 N–H and O–H groups in total. The highest BCUT2D eigenvalue weighted by Crippen LogP contribution is 2.25. The SMILES string of the molecule is CC1CCCC(OCc2ccco2)CC1. The van der Waals surface area contributed by atoms with Crippen LogP contribution in [-0.2, 0) is 11.3 Å². The zero-order chi connectivity index (χ0) is 10.5. The molecule has 1 aromatic heterocycles. The number of hydrogen-bond acceptors (Lipinski definition) is 2. The second kappa shape index (κ2) is 5.36. The number of rotatable bonds is 3. The van der Waals surface area contributed by atoms with E-state index in [2.05, 4.69) is 6.92 Å². The van der Waals surface area contributed by atoms with Crippen molar-refractivity contribution in [2.24, 2.45) is 5.92 Å². The first-order chi connectivity index (χ1) is 7.34. The summed E-state index contributed by atoms with van der Waals surface area (Å²) >= 11 is 0. The first-order valence-corrected chi connectivity index (χ1v) is 5.98. The first kappa shape index (κ1) is 10.7. The average Bonchev–Trinajstić information content (AvgIpc) is 2.66. The summed E-state index contributed by atoms with van der Waals surface area (Å²) in [6.45, 7) is 2.97. The highest BCUT2D eigenvalue weighted by atomic mass is 16.5. The normalized spacial score (nSPS) is 27.5. The van der Waals surface area contributed by atoms with Crippen LogP contribution in [0.3, 0.4) is 0 Å². The zero-order valence-electron chi connectivity index (χ0n) is 9.45. The van der Waals surface area contributed by atoms with Crippen molar-refractivity contribution in [2.45, 2.75) is 51.7 Å². The monoisotopic (exact) mass is 208 g/mol. The Kier molecular flexibility index (Phi) is 3.84. The van der Waals surface area contributed by atoms with E-state index >= 15 is 0 Å². The second-order valence-electron chi connectivity index (χ2n) is 4.63. The van der Waals surface area contributed by atoms with Crippen molar-refractivity contribution in [3.05, 3.63) is 24.2 Å². The van der Waals surface area contributed by atoms with Crippen LogP contribution in [0.15, 0.2) is 22.8 Å². The fourth-order valence-corrected chi connectivity index (χ4v) is 2.21. The molecule has 1 aliphatic rings. The Morgan fingerprint density at radius 2 is 2.27 bits per heavy atom. The Balaban J connectivity index is 1.74. The summed E-state index contributed by atoms with van der Waals surface area (Å²) in [5.74, 6) is 1.81. The van der Waals surface area contributed by atoms with Gasteiger partial charge in [0.2, 0.25) is 0 Å². The fraction of sp³-hybridized carbons (Fsp3) is 0.692. The van der Waals surface area contributed by atoms with E-state index in [0.717, 1.165) is 11.7 Å². The summed E-state index contributed by atoms with van der Waals surface area (Å²) in [5.41, 5.74) is 0. The lowest BCUT2D eigenvalue weighted by molar-refractivity contribution is 0.0214. The molecule has 2 atom stereocenters. The Morgan fingerprint density at radius 3 is 3.07 bits per heavy atom. The molecular formula is C13H20O2. The molecule has 2 unspecified atom stereocenters. The van der Waals surface area contributed by atoms with Gasteiger partial charge in [0, 0.05) is 0 Å². The van der Waals surface area contributed by atoms with Gasteiger partial charge in [0.05, 0.1) is 12.4 Å². The number of hydrogen-bond donors (Lipinski definition) is 0. The third-order valence-corrected chi connectivity index (χ3v) is 3.25. The van der Waals surface area contributed by atoms with Crippen LogP contribution in [0.2, 0.25) is 0 Å². The predicted molar refractivity (Wildman–Crippen MR) is 59.5 cm³/mol. The molecule has 0 bridgehead atoms. The summed E-state index contributed by atoms with van der Waals surface area (Å²) in [7, 11) is 0. The molecule has 15 heavy (non-hydrogen) atoms. The molecule has 0 aliphatic heterocycles. The van der Waals surface area contributed by atoms with Crippen LogP contribution in [0.4, 0.5) is 0 Å². The minimum Gasteiger partial charge on any atom is -0.467 e. The van der Waals surface area contributed by atoms with Gasteiger partial charge < -0.3 is 9.15 Å². The highest BCUT2D eigenvalue weighted by Gasteiger charge is 2.16. The molecule has 84 valence electrons. The van der Waals surface area contributed by atoms with E-state index in [-0.39, 0.29) is 0 Å². The van der Waals surface area contributed by atoms with Gasteiger partial charge in [-0.25, -0.2) is 0 Å². The Bertz CT molecular complexity index is 266. The molecule has 1 aliphatic carbocycles. The van der Waals surface area contributed by atoms with Gasteiger partial charge in [-0.05, 0) is 37.3 Å². The molecule has 0 radical (unpaired) electrons. The number of furan rings is 1. The Hall–Kier alpha value is -0.760. The van der Waals surface area contributed by atoms with E-state index in [1.165, 1.54) is 32.1 Å². The minimum absolute atomic E-state index is 0.444. The van der Waals surface area contributed by atoms with Gasteiger partial charge in [0.15, 0.2) is 0 Å². The Labute approximate surface area is 91.6 Å². The molecule has 2 heteroatoms. The van der Waals surface area contributed by atoms with Crippen LogP contribution < -0.4 is 0 Å². The summed E-state index contributed by atoms with van der Waals surface area (Å²) in [6, 6.07) is 3.88. The van der Waals surface area contributed by atoms with E-state index in [1.807, 2.05) is 12.1 Å². The highest BCUT2D eigenvalue weighted by molar-refractivity contribution is 4.96. The standard InChI is InChI=1S/C13H20O2/c1-11-4-2-5-12(8-7-11)15-10-13-6-3-9-14-13/h3,6,9,11-12H,2,4-5,7-8,10H2,1H3. The van der Waals surface area contributed by atoms with E-state index in [1.54, 1.807) is 6.26 Å². The van der Waals surface area contributed by atoms with Crippen molar-refractivity contribution in [3.63, 3.8) is 0 Å². The van der Waals surface area contributed by atoms with Crippen molar-refractivity contribution in [3.8, 4) is 0 Å². The predicted octanol–water partition coefficient (Wildman–Crippen LogP) is 3.77. The molecule has 1 heterocycles. The van der Waals surface area contributed by atoms with E-state index < -0.39 is 0 Å². The van der Waals surface area contributed by atoms with Gasteiger partial charge in [-0.3, -0.25) is 0 Å². The van der Waals surface area contributed by atoms with Gasteiger partial charge in [-0.1, -0.05) is 19.8 Å². The van der Waals surface area contributed by atoms with E-state index in [0.29, 0.717) is 12.7 Å². The summed E-state index contributed by atoms with van der Waals surface area (Å²) in [5, 5.41) is 0. The van der Waals surface area contributed by atoms with Gasteiger partial charge in [-0.2, -0.15) is 0 Å². The second-order valence-corrected chi connectivity index (χ2v) is 4.63. The summed E-state index contributed by atoms with van der Waals surface area (Å²) in [4.78, 5) is 0. The van der Waals surface area contributed by atoms with Crippen LogP contribution in [0.1, 0.15) is 44.8 Å². The van der Waals surface area contributed by atoms with Crippen molar-refractivity contribution < 1.29 is 9.15 Å². The van der Waals surface area contributed by atoms with Gasteiger partial charge in [0.25, 0.3) is 0 Å². The molecule has 0 spiro atoms. The maximum Gasteiger partial charge on any atom is 0.129 e. The maximum absolute atomic E-state index is 5.86.